The van der Waals surface area contributed by atoms with E-state index in [9.17, 15) is 14.9 Å². The van der Waals surface area contributed by atoms with Crippen LogP contribution < -0.4 is 4.90 Å². The fraction of sp³-hybridized carbons (Fsp3) is 0.412. The first-order chi connectivity index (χ1) is 12.3. The maximum atomic E-state index is 11.9. The number of hydrogen-bond acceptors (Lipinski definition) is 7. The summed E-state index contributed by atoms with van der Waals surface area (Å²) < 4.78 is 12.4. The Morgan fingerprint density at radius 3 is 2.85 bits per heavy atom. The number of esters is 1. The van der Waals surface area contributed by atoms with Gasteiger partial charge in [0.25, 0.3) is 5.69 Å². The Morgan fingerprint density at radius 1 is 1.46 bits per heavy atom. The van der Waals surface area contributed by atoms with Crippen molar-refractivity contribution in [3.8, 4) is 0 Å². The number of anilines is 1. The predicted octanol–water partition coefficient (Wildman–Crippen LogP) is 1.87. The number of ether oxygens (including phenoxy) is 2. The highest BCUT2D eigenvalue weighted by Crippen LogP contribution is 2.33. The number of nitro benzene ring substituents is 1. The minimum atomic E-state index is -0.734. The molecule has 1 fully saturated rings. The van der Waals surface area contributed by atoms with E-state index >= 15 is 0 Å². The molecule has 26 heavy (non-hydrogen) atoms. The lowest BCUT2D eigenvalue weighted by molar-refractivity contribution is -0.385. The van der Waals surface area contributed by atoms with Gasteiger partial charge in [0.05, 0.1) is 31.4 Å². The first kappa shape index (κ1) is 17.9. The van der Waals surface area contributed by atoms with Gasteiger partial charge in [-0.3, -0.25) is 14.8 Å². The van der Waals surface area contributed by atoms with Crippen molar-refractivity contribution in [3.63, 3.8) is 0 Å². The van der Waals surface area contributed by atoms with Gasteiger partial charge >= 0.3 is 5.97 Å². The van der Waals surface area contributed by atoms with Crippen LogP contribution in [-0.4, -0.2) is 47.5 Å². The molecule has 0 bridgehead atoms. The highest BCUT2D eigenvalue weighted by atomic mass is 16.6. The summed E-state index contributed by atoms with van der Waals surface area (Å²) >= 11 is 0. The molecule has 9 nitrogen and oxygen atoms in total. The molecular formula is C17H20N4O5. The number of aryl methyl sites for hydroxylation is 1. The number of methoxy groups -OCH3 is 1. The van der Waals surface area contributed by atoms with Crippen LogP contribution in [0.15, 0.2) is 30.6 Å². The summed E-state index contributed by atoms with van der Waals surface area (Å²) in [5.41, 5.74) is 0.738. The lowest BCUT2D eigenvalue weighted by Gasteiger charge is -2.41. The predicted molar refractivity (Wildman–Crippen MR) is 93.2 cm³/mol. The summed E-state index contributed by atoms with van der Waals surface area (Å²) in [6.45, 7) is 3.59. The average Bonchev–Trinajstić information content (AvgIpc) is 3.08. The number of hydrogen-bond donors (Lipinski definition) is 0. The molecule has 3 rings (SSSR count). The Hall–Kier alpha value is -2.94. The summed E-state index contributed by atoms with van der Waals surface area (Å²) in [4.78, 5) is 24.6. The highest BCUT2D eigenvalue weighted by molar-refractivity contribution is 5.95. The number of nitro groups is 1. The van der Waals surface area contributed by atoms with Crippen molar-refractivity contribution in [3.05, 3.63) is 51.8 Å². The average molecular weight is 360 g/mol. The van der Waals surface area contributed by atoms with Crippen molar-refractivity contribution < 1.29 is 19.2 Å². The Labute approximate surface area is 150 Å². The van der Waals surface area contributed by atoms with E-state index < -0.39 is 16.5 Å². The second-order valence-corrected chi connectivity index (χ2v) is 6.35. The molecule has 1 aromatic carbocycles. The molecule has 0 aliphatic carbocycles. The topological polar surface area (TPSA) is 99.7 Å². The van der Waals surface area contributed by atoms with Crippen molar-refractivity contribution >= 4 is 17.3 Å². The fourth-order valence-electron chi connectivity index (χ4n) is 3.11. The lowest BCUT2D eigenvalue weighted by Crippen LogP contribution is -2.48. The van der Waals surface area contributed by atoms with Crippen molar-refractivity contribution in [2.24, 2.45) is 7.05 Å². The van der Waals surface area contributed by atoms with Crippen LogP contribution >= 0.6 is 0 Å². The van der Waals surface area contributed by atoms with Crippen LogP contribution in [0.4, 0.5) is 11.4 Å². The molecule has 1 aromatic heterocycles. The van der Waals surface area contributed by atoms with E-state index in [1.54, 1.807) is 16.9 Å². The van der Waals surface area contributed by atoms with Crippen molar-refractivity contribution in [2.75, 3.05) is 31.7 Å². The molecular weight excluding hydrogens is 340 g/mol. The zero-order chi connectivity index (χ0) is 18.9. The van der Waals surface area contributed by atoms with E-state index in [0.29, 0.717) is 25.4 Å². The van der Waals surface area contributed by atoms with Gasteiger partial charge in [0.15, 0.2) is 0 Å². The smallest absolute Gasteiger partial charge is 0.344 e. The summed E-state index contributed by atoms with van der Waals surface area (Å²) in [7, 11) is 3.04. The third-order valence-corrected chi connectivity index (χ3v) is 4.54. The molecule has 1 aliphatic heterocycles. The molecule has 2 heterocycles. The van der Waals surface area contributed by atoms with Gasteiger partial charge in [0.2, 0.25) is 0 Å². The number of nitrogens with zero attached hydrogens (tertiary/aromatic N) is 4. The van der Waals surface area contributed by atoms with E-state index in [4.69, 9.17) is 4.74 Å². The van der Waals surface area contributed by atoms with Crippen LogP contribution in [-0.2, 0) is 22.1 Å². The van der Waals surface area contributed by atoms with Crippen molar-refractivity contribution in [1.29, 1.82) is 0 Å². The minimum Gasteiger partial charge on any atom is -0.465 e. The number of carbonyl (C=O) groups excluding carboxylic acids is 1. The Kier molecular flexibility index (Phi) is 4.64. The van der Waals surface area contributed by atoms with Gasteiger partial charge in [-0.05, 0) is 19.1 Å². The molecule has 2 aromatic rings. The van der Waals surface area contributed by atoms with Gasteiger partial charge in [-0.2, -0.15) is 5.10 Å². The standard InChI is InChI=1S/C17H20N4O5/c1-17(12-9-18-19(2)10-12)11-20(6-7-26-17)13-4-5-15(21(23)24)14(8-13)16(22)25-3/h4-5,8-10H,6-7,11H2,1-3H3. The highest BCUT2D eigenvalue weighted by Gasteiger charge is 2.35. The van der Waals surface area contributed by atoms with Crippen LogP contribution in [0.2, 0.25) is 0 Å². The quantitative estimate of drug-likeness (QED) is 0.466. The van der Waals surface area contributed by atoms with Gasteiger partial charge in [0, 0.05) is 37.1 Å². The number of benzene rings is 1. The summed E-state index contributed by atoms with van der Waals surface area (Å²) in [5, 5.41) is 15.4. The summed E-state index contributed by atoms with van der Waals surface area (Å²) in [6, 6.07) is 4.47. The molecule has 1 unspecified atom stereocenters. The van der Waals surface area contributed by atoms with Crippen LogP contribution in [0, 0.1) is 10.1 Å². The monoisotopic (exact) mass is 360 g/mol. The van der Waals surface area contributed by atoms with Gasteiger partial charge in [-0.1, -0.05) is 0 Å². The molecule has 0 saturated carbocycles. The third-order valence-electron chi connectivity index (χ3n) is 4.54. The second kappa shape index (κ2) is 6.75. The molecule has 0 N–H and O–H groups in total. The van der Waals surface area contributed by atoms with Crippen molar-refractivity contribution in [1.82, 2.24) is 9.78 Å². The van der Waals surface area contributed by atoms with Gasteiger partial charge in [0.1, 0.15) is 11.2 Å². The number of aromatic nitrogens is 2. The maximum Gasteiger partial charge on any atom is 0.344 e. The number of carbonyl (C=O) groups is 1. The van der Waals surface area contributed by atoms with Crippen molar-refractivity contribution in [2.45, 2.75) is 12.5 Å². The Bertz CT molecular complexity index is 849. The van der Waals surface area contributed by atoms with Gasteiger partial charge in [-0.25, -0.2) is 4.79 Å². The SMILES string of the molecule is COC(=O)c1cc(N2CCOC(C)(c3cnn(C)c3)C2)ccc1[N+](=O)[O-]. The largest absolute Gasteiger partial charge is 0.465 e. The number of rotatable bonds is 4. The van der Waals surface area contributed by atoms with E-state index in [0.717, 1.165) is 5.56 Å². The molecule has 138 valence electrons. The maximum absolute atomic E-state index is 11.9. The first-order valence-electron chi connectivity index (χ1n) is 8.09. The minimum absolute atomic E-state index is 0.0652. The third kappa shape index (κ3) is 3.25. The molecule has 1 saturated heterocycles. The normalized spacial score (nSPS) is 20.0. The fourth-order valence-corrected chi connectivity index (χ4v) is 3.11. The van der Waals surface area contributed by atoms with Gasteiger partial charge in [-0.15, -0.1) is 0 Å². The van der Waals surface area contributed by atoms with Crippen LogP contribution in [0.25, 0.3) is 0 Å². The van der Waals surface area contributed by atoms with Gasteiger partial charge < -0.3 is 14.4 Å². The van der Waals surface area contributed by atoms with E-state index in [1.807, 2.05) is 25.1 Å². The van der Waals surface area contributed by atoms with Crippen LogP contribution in [0.3, 0.4) is 0 Å². The van der Waals surface area contributed by atoms with Crippen LogP contribution in [0.1, 0.15) is 22.8 Å². The Morgan fingerprint density at radius 2 is 2.23 bits per heavy atom. The number of morpholine rings is 1. The second-order valence-electron chi connectivity index (χ2n) is 6.35. The Balaban J connectivity index is 1.93. The van der Waals surface area contributed by atoms with E-state index in [-0.39, 0.29) is 11.3 Å². The van der Waals surface area contributed by atoms with E-state index in [1.165, 1.54) is 19.2 Å². The molecule has 9 heteroatoms. The van der Waals surface area contributed by atoms with Crippen LogP contribution in [0.5, 0.6) is 0 Å². The molecule has 0 spiro atoms. The first-order valence-corrected chi connectivity index (χ1v) is 8.09. The molecule has 1 aliphatic rings. The molecule has 0 radical (unpaired) electrons. The molecule has 0 amide bonds. The zero-order valence-corrected chi connectivity index (χ0v) is 14.8. The molecule has 1 atom stereocenters. The lowest BCUT2D eigenvalue weighted by atomic mass is 9.96. The summed E-state index contributed by atoms with van der Waals surface area (Å²) in [5.74, 6) is -0.734. The zero-order valence-electron chi connectivity index (χ0n) is 14.8. The van der Waals surface area contributed by atoms with E-state index in [2.05, 4.69) is 9.84 Å². The summed E-state index contributed by atoms with van der Waals surface area (Å²) in [6.07, 6.45) is 3.67.